The molecule has 1 heterocycles. The van der Waals surface area contributed by atoms with Gasteiger partial charge < -0.3 is 52.2 Å². The van der Waals surface area contributed by atoms with E-state index in [1.165, 1.54) is 6.92 Å². The molecule has 25 heavy (non-hydrogen) atoms. The lowest BCUT2D eigenvalue weighted by atomic mass is 9.84. The zero-order valence-electron chi connectivity index (χ0n) is 13.7. The summed E-state index contributed by atoms with van der Waals surface area (Å²) in [6.45, 7) is 1.38. The third kappa shape index (κ3) is 4.39. The summed E-state index contributed by atoms with van der Waals surface area (Å²) in [7, 11) is 0. The van der Waals surface area contributed by atoms with Gasteiger partial charge in [0.15, 0.2) is 12.2 Å². The molecular formula is C14H26N4O7. The summed E-state index contributed by atoms with van der Waals surface area (Å²) in [5.74, 6) is -0.667. The molecule has 0 bridgehead atoms. The Kier molecular flexibility index (Phi) is 6.21. The maximum Gasteiger partial charge on any atom is 0.186 e. The highest BCUT2D eigenvalue weighted by Gasteiger charge is 2.45. The first-order chi connectivity index (χ1) is 11.6. The topological polar surface area (TPSA) is 210 Å². The van der Waals surface area contributed by atoms with Gasteiger partial charge in [-0.15, -0.1) is 0 Å². The third-order valence-corrected chi connectivity index (χ3v) is 4.31. The van der Waals surface area contributed by atoms with Crippen LogP contribution in [-0.2, 0) is 9.47 Å². The molecule has 0 aromatic carbocycles. The zero-order chi connectivity index (χ0) is 18.9. The Bertz CT molecular complexity index is 525. The number of aliphatic imine (C=N–C) groups is 1. The van der Waals surface area contributed by atoms with Crippen LogP contribution in [0.2, 0.25) is 0 Å². The summed E-state index contributed by atoms with van der Waals surface area (Å²) < 4.78 is 10.9. The Morgan fingerprint density at radius 2 is 1.96 bits per heavy atom. The molecule has 1 saturated carbocycles. The molecule has 2 aliphatic rings. The van der Waals surface area contributed by atoms with Crippen LogP contribution in [0.5, 0.6) is 0 Å². The van der Waals surface area contributed by atoms with Crippen molar-refractivity contribution >= 4 is 5.96 Å². The normalized spacial score (nSPS) is 43.2. The molecule has 0 radical (unpaired) electrons. The van der Waals surface area contributed by atoms with E-state index in [0.29, 0.717) is 0 Å². The molecule has 9 atom stereocenters. The van der Waals surface area contributed by atoms with Crippen LogP contribution in [0.1, 0.15) is 13.3 Å². The molecule has 11 nitrogen and oxygen atoms in total. The standard InChI is InChI=1S/C14H26N4O7/c1-4(19)12-10(22)7(20)3-8(24-12)25-13-5(15)2-6(18-14(16)17)9(21)11(13)23/h3-6,8-13,19-23H,2,15H2,1H3,(H4,16,17,18)/t4-,5?,6?,8?,9-,10+,11?,12?,13-/m1/s1. The van der Waals surface area contributed by atoms with Crippen molar-refractivity contribution in [1.29, 1.82) is 0 Å². The maximum absolute atomic E-state index is 10.3. The fraction of sp³-hybridized carbons (Fsp3) is 0.786. The van der Waals surface area contributed by atoms with Crippen LogP contribution in [0.25, 0.3) is 0 Å². The summed E-state index contributed by atoms with van der Waals surface area (Å²) in [4.78, 5) is 3.83. The largest absolute Gasteiger partial charge is 0.510 e. The lowest BCUT2D eigenvalue weighted by Crippen LogP contribution is -2.61. The van der Waals surface area contributed by atoms with Gasteiger partial charge in [-0.1, -0.05) is 0 Å². The van der Waals surface area contributed by atoms with E-state index in [1.807, 2.05) is 0 Å². The van der Waals surface area contributed by atoms with Crippen molar-refractivity contribution in [3.8, 4) is 0 Å². The van der Waals surface area contributed by atoms with Gasteiger partial charge >= 0.3 is 0 Å². The van der Waals surface area contributed by atoms with E-state index < -0.39 is 60.8 Å². The third-order valence-electron chi connectivity index (χ3n) is 4.31. The second-order valence-electron chi connectivity index (χ2n) is 6.35. The minimum Gasteiger partial charge on any atom is -0.510 e. The van der Waals surface area contributed by atoms with Crippen LogP contribution in [0, 0.1) is 0 Å². The molecule has 144 valence electrons. The van der Waals surface area contributed by atoms with Gasteiger partial charge in [-0.25, -0.2) is 4.99 Å². The molecule has 5 unspecified atom stereocenters. The van der Waals surface area contributed by atoms with Crippen molar-refractivity contribution in [3.05, 3.63) is 11.8 Å². The molecule has 11 heteroatoms. The monoisotopic (exact) mass is 362 g/mol. The highest BCUT2D eigenvalue weighted by Crippen LogP contribution is 2.28. The van der Waals surface area contributed by atoms with Crippen LogP contribution in [0.4, 0.5) is 0 Å². The number of rotatable bonds is 4. The number of nitrogens with zero attached hydrogens (tertiary/aromatic N) is 1. The van der Waals surface area contributed by atoms with E-state index in [2.05, 4.69) is 4.99 Å². The van der Waals surface area contributed by atoms with Gasteiger partial charge in [0.05, 0.1) is 12.1 Å². The van der Waals surface area contributed by atoms with Gasteiger partial charge in [0, 0.05) is 12.1 Å². The SMILES string of the molecule is C[C@@H](O)C1OC(O[C@@H]2C(N)CC(N=C(N)N)[C@@H](O)C2O)C=C(O)[C@@H]1O. The Hall–Kier alpha value is -1.47. The quantitative estimate of drug-likeness (QED) is 0.182. The molecule has 1 aliphatic carbocycles. The van der Waals surface area contributed by atoms with Crippen molar-refractivity contribution in [3.63, 3.8) is 0 Å². The smallest absolute Gasteiger partial charge is 0.186 e. The average Bonchev–Trinajstić information content (AvgIpc) is 2.51. The summed E-state index contributed by atoms with van der Waals surface area (Å²) in [5.41, 5.74) is 16.6. The number of hydrogen-bond donors (Lipinski definition) is 8. The summed E-state index contributed by atoms with van der Waals surface area (Å²) in [6.07, 6.45) is -7.31. The number of hydrogen-bond acceptors (Lipinski definition) is 9. The van der Waals surface area contributed by atoms with Crippen LogP contribution in [-0.4, -0.2) is 86.5 Å². The van der Waals surface area contributed by atoms with E-state index in [9.17, 15) is 25.5 Å². The first kappa shape index (κ1) is 19.8. The molecule has 0 spiro atoms. The highest BCUT2D eigenvalue weighted by atomic mass is 16.7. The van der Waals surface area contributed by atoms with Gasteiger partial charge in [-0.2, -0.15) is 0 Å². The van der Waals surface area contributed by atoms with Crippen molar-refractivity contribution in [1.82, 2.24) is 0 Å². The van der Waals surface area contributed by atoms with Gasteiger partial charge in [-0.3, -0.25) is 0 Å². The fourth-order valence-electron chi connectivity index (χ4n) is 3.01. The van der Waals surface area contributed by atoms with Crippen LogP contribution in [0.15, 0.2) is 16.8 Å². The van der Waals surface area contributed by atoms with Crippen molar-refractivity contribution in [2.75, 3.05) is 0 Å². The molecule has 0 amide bonds. The van der Waals surface area contributed by atoms with E-state index in [0.717, 1.165) is 6.08 Å². The van der Waals surface area contributed by atoms with Gasteiger partial charge in [0.25, 0.3) is 0 Å². The van der Waals surface area contributed by atoms with Gasteiger partial charge in [0.2, 0.25) is 0 Å². The zero-order valence-corrected chi connectivity index (χ0v) is 13.7. The number of ether oxygens (including phenoxy) is 2. The predicted molar refractivity (Wildman–Crippen MR) is 86.1 cm³/mol. The van der Waals surface area contributed by atoms with Gasteiger partial charge in [-0.05, 0) is 13.3 Å². The summed E-state index contributed by atoms with van der Waals surface area (Å²) in [6, 6.07) is -1.51. The number of aliphatic hydroxyl groups excluding tert-OH is 5. The number of guanidine groups is 1. The lowest BCUT2D eigenvalue weighted by molar-refractivity contribution is -0.244. The molecule has 2 rings (SSSR count). The van der Waals surface area contributed by atoms with E-state index in [4.69, 9.17) is 26.7 Å². The Labute approximate surface area is 144 Å². The van der Waals surface area contributed by atoms with Crippen LogP contribution < -0.4 is 17.2 Å². The number of aliphatic hydroxyl groups is 5. The second kappa shape index (κ2) is 7.83. The molecule has 0 aromatic rings. The Balaban J connectivity index is 2.11. The van der Waals surface area contributed by atoms with E-state index in [-0.39, 0.29) is 12.4 Å². The average molecular weight is 362 g/mol. The van der Waals surface area contributed by atoms with Crippen LogP contribution >= 0.6 is 0 Å². The second-order valence-corrected chi connectivity index (χ2v) is 6.35. The molecule has 0 saturated heterocycles. The molecular weight excluding hydrogens is 336 g/mol. The minimum absolute atomic E-state index is 0.145. The molecule has 0 aromatic heterocycles. The minimum atomic E-state index is -1.41. The highest BCUT2D eigenvalue weighted by molar-refractivity contribution is 5.75. The van der Waals surface area contributed by atoms with Crippen molar-refractivity contribution in [2.45, 2.75) is 68.3 Å². The summed E-state index contributed by atoms with van der Waals surface area (Å²) >= 11 is 0. The van der Waals surface area contributed by atoms with E-state index >= 15 is 0 Å². The Morgan fingerprint density at radius 1 is 1.32 bits per heavy atom. The first-order valence-electron chi connectivity index (χ1n) is 7.90. The van der Waals surface area contributed by atoms with Crippen molar-refractivity contribution < 1.29 is 35.0 Å². The summed E-state index contributed by atoms with van der Waals surface area (Å²) in [5, 5.41) is 49.6. The van der Waals surface area contributed by atoms with Crippen molar-refractivity contribution in [2.24, 2.45) is 22.2 Å². The lowest BCUT2D eigenvalue weighted by Gasteiger charge is -2.42. The molecule has 1 fully saturated rings. The van der Waals surface area contributed by atoms with Gasteiger partial charge in [0.1, 0.15) is 36.3 Å². The van der Waals surface area contributed by atoms with Crippen LogP contribution in [0.3, 0.4) is 0 Å². The predicted octanol–water partition coefficient (Wildman–Crippen LogP) is -3.63. The number of nitrogens with two attached hydrogens (primary N) is 3. The Morgan fingerprint density at radius 3 is 2.52 bits per heavy atom. The fourth-order valence-corrected chi connectivity index (χ4v) is 3.01. The maximum atomic E-state index is 10.3. The molecule has 1 aliphatic heterocycles. The molecule has 11 N–H and O–H groups in total. The first-order valence-corrected chi connectivity index (χ1v) is 7.90. The van der Waals surface area contributed by atoms with E-state index in [1.54, 1.807) is 0 Å².